The summed E-state index contributed by atoms with van der Waals surface area (Å²) in [5.74, 6) is 1.11. The quantitative estimate of drug-likeness (QED) is 0.821. The number of nitrogens with zero attached hydrogens (tertiary/aromatic N) is 1. The van der Waals surface area contributed by atoms with Crippen LogP contribution in [0.15, 0.2) is 24.3 Å². The second-order valence-electron chi connectivity index (χ2n) is 5.61. The van der Waals surface area contributed by atoms with Crippen LogP contribution in [0.5, 0.6) is 5.75 Å². The Bertz CT molecular complexity index is 595. The summed E-state index contributed by atoms with van der Waals surface area (Å²) in [6.07, 6.45) is 0. The Morgan fingerprint density at radius 2 is 1.95 bits per heavy atom. The molecular weight excluding hydrogens is 296 g/mol. The largest absolute Gasteiger partial charge is 0.497 e. The van der Waals surface area contributed by atoms with Gasteiger partial charge in [0.05, 0.1) is 12.8 Å². The zero-order chi connectivity index (χ0) is 16.1. The molecular formula is C17H24N2O2S. The molecule has 0 fully saturated rings. The normalized spacial score (nSPS) is 13.9. The van der Waals surface area contributed by atoms with Gasteiger partial charge in [-0.15, -0.1) is 11.3 Å². The average molecular weight is 320 g/mol. The Balaban J connectivity index is 2.12. The lowest BCUT2D eigenvalue weighted by atomic mass is 10.1. The van der Waals surface area contributed by atoms with E-state index in [9.17, 15) is 0 Å². The van der Waals surface area contributed by atoms with Gasteiger partial charge in [-0.2, -0.15) is 0 Å². The van der Waals surface area contributed by atoms with E-state index in [1.807, 2.05) is 38.1 Å². The number of aliphatic hydroxyl groups excluding tert-OH is 1. The molecule has 0 spiro atoms. The molecule has 1 aromatic heterocycles. The molecule has 2 rings (SSSR count). The van der Waals surface area contributed by atoms with Crippen molar-refractivity contribution in [1.82, 2.24) is 10.3 Å². The molecule has 0 radical (unpaired) electrons. The molecule has 22 heavy (non-hydrogen) atoms. The van der Waals surface area contributed by atoms with E-state index in [2.05, 4.69) is 12.2 Å². The highest BCUT2D eigenvalue weighted by Crippen LogP contribution is 2.32. The number of rotatable bonds is 7. The fourth-order valence-corrected chi connectivity index (χ4v) is 3.30. The van der Waals surface area contributed by atoms with Gasteiger partial charge < -0.3 is 15.2 Å². The molecule has 1 heterocycles. The van der Waals surface area contributed by atoms with Crippen molar-refractivity contribution in [3.05, 3.63) is 34.8 Å². The molecule has 2 unspecified atom stereocenters. The van der Waals surface area contributed by atoms with E-state index in [1.54, 1.807) is 18.4 Å². The number of nitrogens with one attached hydrogen (secondary N) is 1. The lowest BCUT2D eigenvalue weighted by Gasteiger charge is -2.15. The van der Waals surface area contributed by atoms with Gasteiger partial charge >= 0.3 is 0 Å². The lowest BCUT2D eigenvalue weighted by molar-refractivity contribution is 0.231. The van der Waals surface area contributed by atoms with Crippen LogP contribution in [0.25, 0.3) is 10.6 Å². The Hall–Kier alpha value is -1.43. The molecule has 2 aromatic rings. The van der Waals surface area contributed by atoms with Crippen LogP contribution in [0.3, 0.4) is 0 Å². The van der Waals surface area contributed by atoms with Gasteiger partial charge in [0.15, 0.2) is 0 Å². The molecule has 0 saturated heterocycles. The fraction of sp³-hybridized carbons (Fsp3) is 0.471. The van der Waals surface area contributed by atoms with Crippen LogP contribution in [0.2, 0.25) is 0 Å². The van der Waals surface area contributed by atoms with E-state index < -0.39 is 0 Å². The van der Waals surface area contributed by atoms with E-state index in [1.165, 1.54) is 4.88 Å². The summed E-state index contributed by atoms with van der Waals surface area (Å²) in [6, 6.07) is 8.21. The van der Waals surface area contributed by atoms with Gasteiger partial charge in [-0.05, 0) is 44.0 Å². The highest BCUT2D eigenvalue weighted by atomic mass is 32.1. The number of ether oxygens (including phenoxy) is 1. The smallest absolute Gasteiger partial charge is 0.123 e. The zero-order valence-electron chi connectivity index (χ0n) is 13.6. The minimum atomic E-state index is 0.207. The van der Waals surface area contributed by atoms with Crippen LogP contribution in [0.4, 0.5) is 0 Å². The first-order valence-electron chi connectivity index (χ1n) is 7.51. The van der Waals surface area contributed by atoms with Crippen molar-refractivity contribution < 1.29 is 9.84 Å². The predicted octanol–water partition coefficient (Wildman–Crippen LogP) is 3.41. The van der Waals surface area contributed by atoms with Crippen LogP contribution >= 0.6 is 11.3 Å². The van der Waals surface area contributed by atoms with Crippen molar-refractivity contribution in [2.24, 2.45) is 5.92 Å². The van der Waals surface area contributed by atoms with E-state index >= 15 is 0 Å². The second kappa shape index (κ2) is 7.72. The first-order chi connectivity index (χ1) is 10.5. The van der Waals surface area contributed by atoms with Crippen molar-refractivity contribution in [3.63, 3.8) is 0 Å². The molecule has 1 aromatic carbocycles. The number of aryl methyl sites for hydroxylation is 1. The van der Waals surface area contributed by atoms with Crippen molar-refractivity contribution in [1.29, 1.82) is 0 Å². The number of aromatic nitrogens is 1. The zero-order valence-corrected chi connectivity index (χ0v) is 14.4. The first-order valence-corrected chi connectivity index (χ1v) is 8.32. The number of benzene rings is 1. The maximum Gasteiger partial charge on any atom is 0.123 e. The Labute approximate surface area is 136 Å². The molecule has 0 amide bonds. The van der Waals surface area contributed by atoms with E-state index in [4.69, 9.17) is 14.8 Å². The molecule has 0 aliphatic carbocycles. The molecule has 0 saturated carbocycles. The first kappa shape index (κ1) is 16.9. The topological polar surface area (TPSA) is 54.4 Å². The molecule has 0 aliphatic heterocycles. The van der Waals surface area contributed by atoms with E-state index in [0.717, 1.165) is 28.6 Å². The molecule has 2 atom stereocenters. The van der Waals surface area contributed by atoms with Crippen molar-refractivity contribution in [2.75, 3.05) is 20.3 Å². The molecule has 0 aliphatic rings. The van der Waals surface area contributed by atoms with Crippen LogP contribution < -0.4 is 10.1 Å². The van der Waals surface area contributed by atoms with Crippen molar-refractivity contribution in [2.45, 2.75) is 26.8 Å². The Kier molecular flexibility index (Phi) is 5.94. The third-order valence-electron chi connectivity index (χ3n) is 3.65. The molecule has 2 N–H and O–H groups in total. The molecule has 5 heteroatoms. The summed E-state index contributed by atoms with van der Waals surface area (Å²) in [4.78, 5) is 5.94. The molecule has 0 bridgehead atoms. The van der Waals surface area contributed by atoms with Gasteiger partial charge in [0, 0.05) is 29.6 Å². The van der Waals surface area contributed by atoms with Crippen LogP contribution in [0, 0.1) is 12.8 Å². The second-order valence-corrected chi connectivity index (χ2v) is 6.65. The minimum Gasteiger partial charge on any atom is -0.497 e. The maximum atomic E-state index is 9.11. The number of hydrogen-bond acceptors (Lipinski definition) is 5. The van der Waals surface area contributed by atoms with Gasteiger partial charge in [0.2, 0.25) is 0 Å². The summed E-state index contributed by atoms with van der Waals surface area (Å²) < 4.78 is 5.19. The number of hydrogen-bond donors (Lipinski definition) is 2. The van der Waals surface area contributed by atoms with Crippen LogP contribution in [-0.2, 0) is 0 Å². The number of methoxy groups -OCH3 is 1. The van der Waals surface area contributed by atoms with E-state index in [0.29, 0.717) is 0 Å². The standard InChI is InChI=1S/C17H24N2O2S/c1-11(10-20)9-18-12(2)16-13(3)19-17(22-16)14-5-7-15(21-4)8-6-14/h5-8,11-12,18,20H,9-10H2,1-4H3. The van der Waals surface area contributed by atoms with Crippen molar-refractivity contribution in [3.8, 4) is 16.3 Å². The van der Waals surface area contributed by atoms with Gasteiger partial charge in [-0.1, -0.05) is 6.92 Å². The molecule has 120 valence electrons. The minimum absolute atomic E-state index is 0.207. The number of aliphatic hydroxyl groups is 1. The summed E-state index contributed by atoms with van der Waals surface area (Å²) >= 11 is 1.72. The summed E-state index contributed by atoms with van der Waals surface area (Å²) in [5.41, 5.74) is 2.17. The highest BCUT2D eigenvalue weighted by molar-refractivity contribution is 7.15. The van der Waals surface area contributed by atoms with E-state index in [-0.39, 0.29) is 18.6 Å². The van der Waals surface area contributed by atoms with Gasteiger partial charge in [-0.25, -0.2) is 4.98 Å². The summed E-state index contributed by atoms with van der Waals surface area (Å²) in [7, 11) is 1.67. The fourth-order valence-electron chi connectivity index (χ4n) is 2.20. The van der Waals surface area contributed by atoms with Crippen LogP contribution in [-0.4, -0.2) is 30.4 Å². The Morgan fingerprint density at radius 3 is 2.55 bits per heavy atom. The third-order valence-corrected chi connectivity index (χ3v) is 5.04. The monoisotopic (exact) mass is 320 g/mol. The highest BCUT2D eigenvalue weighted by Gasteiger charge is 2.15. The van der Waals surface area contributed by atoms with Crippen molar-refractivity contribution >= 4 is 11.3 Å². The van der Waals surface area contributed by atoms with Crippen LogP contribution in [0.1, 0.15) is 30.5 Å². The van der Waals surface area contributed by atoms with Gasteiger partial charge in [0.1, 0.15) is 10.8 Å². The maximum absolute atomic E-state index is 9.11. The lowest BCUT2D eigenvalue weighted by Crippen LogP contribution is -2.25. The predicted molar refractivity (Wildman–Crippen MR) is 91.5 cm³/mol. The van der Waals surface area contributed by atoms with Gasteiger partial charge in [0.25, 0.3) is 0 Å². The SMILES string of the molecule is COc1ccc(-c2nc(C)c(C(C)NCC(C)CO)s2)cc1. The third kappa shape index (κ3) is 4.06. The Morgan fingerprint density at radius 1 is 1.27 bits per heavy atom. The summed E-state index contributed by atoms with van der Waals surface area (Å²) in [5, 5.41) is 13.6. The summed E-state index contributed by atoms with van der Waals surface area (Å²) in [6.45, 7) is 7.22. The average Bonchev–Trinajstić information content (AvgIpc) is 2.94. The van der Waals surface area contributed by atoms with Gasteiger partial charge in [-0.3, -0.25) is 0 Å². The number of thiazole rings is 1. The molecule has 4 nitrogen and oxygen atoms in total.